The Morgan fingerprint density at radius 2 is 1.79 bits per heavy atom. The van der Waals surface area contributed by atoms with E-state index in [1.165, 1.54) is 0 Å². The fraction of sp³-hybridized carbons (Fsp3) is 0.400. The van der Waals surface area contributed by atoms with Crippen LogP contribution in [0.25, 0.3) is 0 Å². The van der Waals surface area contributed by atoms with Crippen molar-refractivity contribution >= 4 is 11.4 Å². The SMILES string of the molecule is CC.Cc1cc2c(c(F)c1F)NCN2. The second kappa shape index (κ2) is 4.26. The summed E-state index contributed by atoms with van der Waals surface area (Å²) in [6.45, 7) is 5.99. The van der Waals surface area contributed by atoms with Crippen molar-refractivity contribution in [1.82, 2.24) is 0 Å². The van der Waals surface area contributed by atoms with Crippen LogP contribution in [0.3, 0.4) is 0 Å². The minimum Gasteiger partial charge on any atom is -0.366 e. The molecule has 0 aliphatic carbocycles. The molecule has 1 heterocycles. The molecule has 0 atom stereocenters. The van der Waals surface area contributed by atoms with Gasteiger partial charge in [-0.3, -0.25) is 0 Å². The summed E-state index contributed by atoms with van der Waals surface area (Å²) in [5.74, 6) is -1.57. The molecule has 1 aliphatic heterocycles. The third-order valence-corrected chi connectivity index (χ3v) is 1.93. The summed E-state index contributed by atoms with van der Waals surface area (Å²) in [6, 6.07) is 1.59. The number of nitrogens with one attached hydrogen (secondary N) is 2. The second-order valence-corrected chi connectivity index (χ2v) is 2.77. The van der Waals surface area contributed by atoms with E-state index in [4.69, 9.17) is 0 Å². The highest BCUT2D eigenvalue weighted by Gasteiger charge is 2.19. The van der Waals surface area contributed by atoms with Gasteiger partial charge in [-0.2, -0.15) is 0 Å². The van der Waals surface area contributed by atoms with Gasteiger partial charge in [-0.05, 0) is 18.6 Å². The van der Waals surface area contributed by atoms with Crippen LogP contribution >= 0.6 is 0 Å². The summed E-state index contributed by atoms with van der Waals surface area (Å²) in [4.78, 5) is 0. The molecule has 4 heteroatoms. The summed E-state index contributed by atoms with van der Waals surface area (Å²) in [6.07, 6.45) is 0. The van der Waals surface area contributed by atoms with Gasteiger partial charge >= 0.3 is 0 Å². The van der Waals surface area contributed by atoms with E-state index in [1.807, 2.05) is 13.8 Å². The van der Waals surface area contributed by atoms with Crippen molar-refractivity contribution in [2.75, 3.05) is 17.3 Å². The van der Waals surface area contributed by atoms with E-state index in [1.54, 1.807) is 13.0 Å². The molecule has 0 bridgehead atoms. The van der Waals surface area contributed by atoms with E-state index in [2.05, 4.69) is 10.6 Å². The molecule has 2 N–H and O–H groups in total. The number of halogens is 2. The first-order valence-corrected chi connectivity index (χ1v) is 4.66. The monoisotopic (exact) mass is 200 g/mol. The van der Waals surface area contributed by atoms with Crippen molar-refractivity contribution in [3.05, 3.63) is 23.3 Å². The summed E-state index contributed by atoms with van der Waals surface area (Å²) in [5.41, 5.74) is 1.19. The Hall–Kier alpha value is -1.32. The van der Waals surface area contributed by atoms with Crippen LogP contribution in [0.2, 0.25) is 0 Å². The van der Waals surface area contributed by atoms with Crippen molar-refractivity contribution in [3.63, 3.8) is 0 Å². The average molecular weight is 200 g/mol. The number of anilines is 2. The molecule has 1 aromatic rings. The molecule has 0 radical (unpaired) electrons. The van der Waals surface area contributed by atoms with E-state index < -0.39 is 11.6 Å². The third kappa shape index (κ3) is 1.64. The van der Waals surface area contributed by atoms with Gasteiger partial charge in [0.1, 0.15) is 0 Å². The molecule has 78 valence electrons. The van der Waals surface area contributed by atoms with E-state index in [9.17, 15) is 8.78 Å². The van der Waals surface area contributed by atoms with Crippen molar-refractivity contribution in [1.29, 1.82) is 0 Å². The molecule has 2 rings (SSSR count). The zero-order valence-corrected chi connectivity index (χ0v) is 8.54. The Balaban J connectivity index is 0.000000461. The van der Waals surface area contributed by atoms with Gasteiger partial charge in [-0.25, -0.2) is 8.78 Å². The predicted octanol–water partition coefficient (Wildman–Crippen LogP) is 3.09. The lowest BCUT2D eigenvalue weighted by Crippen LogP contribution is -1.99. The van der Waals surface area contributed by atoms with Crippen LogP contribution in [0.5, 0.6) is 0 Å². The molecule has 0 saturated carbocycles. The number of hydrogen-bond donors (Lipinski definition) is 2. The first-order chi connectivity index (χ1) is 6.70. The van der Waals surface area contributed by atoms with Crippen molar-refractivity contribution in [2.24, 2.45) is 0 Å². The average Bonchev–Trinajstić information content (AvgIpc) is 2.65. The largest absolute Gasteiger partial charge is 0.366 e. The number of fused-ring (bicyclic) bond motifs is 1. The maximum absolute atomic E-state index is 13.1. The van der Waals surface area contributed by atoms with Crippen LogP contribution in [-0.4, -0.2) is 6.67 Å². The van der Waals surface area contributed by atoms with Gasteiger partial charge in [-0.1, -0.05) is 13.8 Å². The first kappa shape index (κ1) is 10.8. The van der Waals surface area contributed by atoms with Gasteiger partial charge < -0.3 is 10.6 Å². The van der Waals surface area contributed by atoms with Crippen molar-refractivity contribution in [2.45, 2.75) is 20.8 Å². The van der Waals surface area contributed by atoms with Crippen LogP contribution in [0, 0.1) is 18.6 Å². The number of benzene rings is 1. The Morgan fingerprint density at radius 1 is 1.14 bits per heavy atom. The van der Waals surface area contributed by atoms with Gasteiger partial charge in [0.2, 0.25) is 0 Å². The fourth-order valence-corrected chi connectivity index (χ4v) is 1.29. The summed E-state index contributed by atoms with van der Waals surface area (Å²) in [7, 11) is 0. The highest BCUT2D eigenvalue weighted by atomic mass is 19.2. The third-order valence-electron chi connectivity index (χ3n) is 1.93. The second-order valence-electron chi connectivity index (χ2n) is 2.77. The predicted molar refractivity (Wildman–Crippen MR) is 54.6 cm³/mol. The smallest absolute Gasteiger partial charge is 0.184 e. The molecule has 1 aromatic carbocycles. The maximum Gasteiger partial charge on any atom is 0.184 e. The lowest BCUT2D eigenvalue weighted by atomic mass is 10.2. The van der Waals surface area contributed by atoms with Crippen molar-refractivity contribution < 1.29 is 8.78 Å². The van der Waals surface area contributed by atoms with E-state index in [0.29, 0.717) is 17.9 Å². The van der Waals surface area contributed by atoms with E-state index >= 15 is 0 Å². The summed E-state index contributed by atoms with van der Waals surface area (Å²) < 4.78 is 26.0. The fourth-order valence-electron chi connectivity index (χ4n) is 1.29. The summed E-state index contributed by atoms with van der Waals surface area (Å²) >= 11 is 0. The molecular weight excluding hydrogens is 186 g/mol. The number of aryl methyl sites for hydroxylation is 1. The molecular formula is C10H14F2N2. The minimum atomic E-state index is -0.796. The lowest BCUT2D eigenvalue weighted by Gasteiger charge is -2.03. The van der Waals surface area contributed by atoms with Crippen LogP contribution in [0.15, 0.2) is 6.07 Å². The Bertz CT molecular complexity index is 337. The molecule has 0 aromatic heterocycles. The molecule has 0 amide bonds. The van der Waals surface area contributed by atoms with Gasteiger partial charge in [-0.15, -0.1) is 0 Å². The van der Waals surface area contributed by atoms with Crippen molar-refractivity contribution in [3.8, 4) is 0 Å². The van der Waals surface area contributed by atoms with Crippen LogP contribution in [0.1, 0.15) is 19.4 Å². The maximum atomic E-state index is 13.1. The van der Waals surface area contributed by atoms with E-state index in [-0.39, 0.29) is 5.69 Å². The zero-order chi connectivity index (χ0) is 10.7. The van der Waals surface area contributed by atoms with Crippen LogP contribution < -0.4 is 10.6 Å². The number of rotatable bonds is 0. The van der Waals surface area contributed by atoms with E-state index in [0.717, 1.165) is 0 Å². The van der Waals surface area contributed by atoms with Crippen LogP contribution in [0.4, 0.5) is 20.2 Å². The minimum absolute atomic E-state index is 0.234. The molecule has 14 heavy (non-hydrogen) atoms. The van der Waals surface area contributed by atoms with Gasteiger partial charge in [0, 0.05) is 0 Å². The molecule has 2 nitrogen and oxygen atoms in total. The summed E-state index contributed by atoms with van der Waals surface area (Å²) in [5, 5.41) is 5.60. The van der Waals surface area contributed by atoms with Gasteiger partial charge in [0.25, 0.3) is 0 Å². The highest BCUT2D eigenvalue weighted by Crippen LogP contribution is 2.32. The Morgan fingerprint density at radius 3 is 2.43 bits per heavy atom. The Kier molecular flexibility index (Phi) is 3.28. The number of hydrogen-bond acceptors (Lipinski definition) is 2. The molecule has 0 saturated heterocycles. The lowest BCUT2D eigenvalue weighted by molar-refractivity contribution is 0.507. The van der Waals surface area contributed by atoms with Crippen LogP contribution in [-0.2, 0) is 0 Å². The molecule has 0 spiro atoms. The molecule has 0 fully saturated rings. The molecule has 1 aliphatic rings. The first-order valence-electron chi connectivity index (χ1n) is 4.66. The molecule has 0 unspecified atom stereocenters. The Labute approximate surface area is 82.3 Å². The van der Waals surface area contributed by atoms with Gasteiger partial charge in [0.05, 0.1) is 18.0 Å². The normalized spacial score (nSPS) is 12.1. The highest BCUT2D eigenvalue weighted by molar-refractivity contribution is 5.74. The zero-order valence-electron chi connectivity index (χ0n) is 8.54. The standard InChI is InChI=1S/C8H8F2N2.C2H6/c1-4-2-5-8(12-3-11-5)7(10)6(4)9;1-2/h2,11-12H,3H2,1H3;1-2H3. The van der Waals surface area contributed by atoms with Gasteiger partial charge in [0.15, 0.2) is 11.6 Å². The quantitative estimate of drug-likeness (QED) is 0.672. The topological polar surface area (TPSA) is 24.1 Å².